The molecule has 0 radical (unpaired) electrons. The second-order valence-electron chi connectivity index (χ2n) is 5.19. The molecule has 1 atom stereocenters. The van der Waals surface area contributed by atoms with E-state index in [1.54, 1.807) is 0 Å². The summed E-state index contributed by atoms with van der Waals surface area (Å²) in [6, 6.07) is 12.4. The normalized spacial score (nSPS) is 12.1. The summed E-state index contributed by atoms with van der Waals surface area (Å²) in [5, 5.41) is 6.36. The maximum atomic E-state index is 6.05. The van der Waals surface area contributed by atoms with E-state index in [9.17, 15) is 0 Å². The summed E-state index contributed by atoms with van der Waals surface area (Å²) >= 11 is 0. The Kier molecular flexibility index (Phi) is 6.30. The number of nitrogens with two attached hydrogens (primary N) is 1. The van der Waals surface area contributed by atoms with Crippen LogP contribution in [0, 0.1) is 0 Å². The molecular weight excluding hydrogens is 274 g/mol. The van der Waals surface area contributed by atoms with Crippen molar-refractivity contribution in [1.82, 2.24) is 15.3 Å². The van der Waals surface area contributed by atoms with Crippen LogP contribution in [0.2, 0.25) is 0 Å². The monoisotopic (exact) mass is 299 g/mol. The Hall–Kier alpha value is -1.98. The van der Waals surface area contributed by atoms with E-state index in [1.165, 1.54) is 5.56 Å². The van der Waals surface area contributed by atoms with Crippen LogP contribution in [0.4, 0.5) is 5.95 Å². The molecule has 0 aliphatic heterocycles. The van der Waals surface area contributed by atoms with Crippen molar-refractivity contribution in [3.8, 4) is 0 Å². The van der Waals surface area contributed by atoms with Gasteiger partial charge in [-0.05, 0) is 30.9 Å². The molecule has 5 nitrogen and oxygen atoms in total. The van der Waals surface area contributed by atoms with Gasteiger partial charge in [-0.25, -0.2) is 9.97 Å². The zero-order valence-electron chi connectivity index (χ0n) is 13.3. The zero-order valence-corrected chi connectivity index (χ0v) is 13.3. The molecule has 22 heavy (non-hydrogen) atoms. The summed E-state index contributed by atoms with van der Waals surface area (Å²) in [5.74, 6) is 0.593. The van der Waals surface area contributed by atoms with Gasteiger partial charge in [0.2, 0.25) is 5.95 Å². The second-order valence-corrected chi connectivity index (χ2v) is 5.19. The molecule has 4 N–H and O–H groups in total. The lowest BCUT2D eigenvalue weighted by atomic mass is 10.1. The first kappa shape index (κ1) is 16.4. The number of aryl methyl sites for hydroxylation is 2. The van der Waals surface area contributed by atoms with E-state index < -0.39 is 0 Å². The van der Waals surface area contributed by atoms with Crippen LogP contribution >= 0.6 is 0 Å². The lowest BCUT2D eigenvalue weighted by Gasteiger charge is -2.16. The van der Waals surface area contributed by atoms with Gasteiger partial charge in [0.1, 0.15) is 6.29 Å². The SMILES string of the molecule is CCc1cc(CC)nc(NC(N)NCCc2ccccc2)n1. The molecular formula is C17H25N5. The summed E-state index contributed by atoms with van der Waals surface area (Å²) in [4.78, 5) is 8.93. The van der Waals surface area contributed by atoms with Crippen molar-refractivity contribution in [3.63, 3.8) is 0 Å². The molecule has 2 aromatic rings. The van der Waals surface area contributed by atoms with Crippen LogP contribution in [-0.4, -0.2) is 22.8 Å². The van der Waals surface area contributed by atoms with Gasteiger partial charge in [0.05, 0.1) is 0 Å². The molecule has 0 saturated carbocycles. The van der Waals surface area contributed by atoms with Crippen LogP contribution in [-0.2, 0) is 19.3 Å². The summed E-state index contributed by atoms with van der Waals surface area (Å²) in [5.41, 5.74) is 9.41. The number of nitrogens with zero attached hydrogens (tertiary/aromatic N) is 2. The lowest BCUT2D eigenvalue weighted by molar-refractivity contribution is 0.575. The number of benzene rings is 1. The highest BCUT2D eigenvalue weighted by atomic mass is 15.3. The van der Waals surface area contributed by atoms with Crippen LogP contribution in [0.25, 0.3) is 0 Å². The van der Waals surface area contributed by atoms with E-state index in [4.69, 9.17) is 5.73 Å². The van der Waals surface area contributed by atoms with Crippen molar-refractivity contribution >= 4 is 5.95 Å². The highest BCUT2D eigenvalue weighted by molar-refractivity contribution is 5.29. The van der Waals surface area contributed by atoms with E-state index in [2.05, 4.69) is 46.6 Å². The van der Waals surface area contributed by atoms with Crippen molar-refractivity contribution in [3.05, 3.63) is 53.3 Å². The molecule has 0 aliphatic carbocycles. The standard InChI is InChI=1S/C17H25N5/c1-3-14-12-15(4-2)21-17(20-14)22-16(18)19-11-10-13-8-6-5-7-9-13/h5-9,12,16,19H,3-4,10-11,18H2,1-2H3,(H,20,21,22). The quantitative estimate of drug-likeness (QED) is 0.651. The molecule has 1 unspecified atom stereocenters. The summed E-state index contributed by atoms with van der Waals surface area (Å²) in [6.07, 6.45) is 2.36. The van der Waals surface area contributed by atoms with Crippen LogP contribution in [0.5, 0.6) is 0 Å². The predicted molar refractivity (Wildman–Crippen MR) is 90.5 cm³/mol. The fourth-order valence-electron chi connectivity index (χ4n) is 2.19. The Morgan fingerprint density at radius 1 is 1.05 bits per heavy atom. The number of hydrogen-bond acceptors (Lipinski definition) is 5. The number of anilines is 1. The van der Waals surface area contributed by atoms with Crippen molar-refractivity contribution in [1.29, 1.82) is 0 Å². The molecule has 0 aliphatic rings. The third kappa shape index (κ3) is 5.09. The van der Waals surface area contributed by atoms with E-state index in [0.29, 0.717) is 5.95 Å². The van der Waals surface area contributed by atoms with Gasteiger partial charge in [-0.3, -0.25) is 11.1 Å². The van der Waals surface area contributed by atoms with E-state index >= 15 is 0 Å². The molecule has 1 aromatic carbocycles. The second kappa shape index (κ2) is 8.46. The Labute approximate surface area is 132 Å². The highest BCUT2D eigenvalue weighted by Gasteiger charge is 2.06. The van der Waals surface area contributed by atoms with Gasteiger partial charge >= 0.3 is 0 Å². The Bertz CT molecular complexity index is 548. The number of aromatic nitrogens is 2. The van der Waals surface area contributed by atoms with Crippen molar-refractivity contribution < 1.29 is 0 Å². The number of rotatable bonds is 8. The lowest BCUT2D eigenvalue weighted by Crippen LogP contribution is -2.45. The third-order valence-electron chi connectivity index (χ3n) is 3.46. The fraction of sp³-hybridized carbons (Fsp3) is 0.412. The molecule has 0 amide bonds. The largest absolute Gasteiger partial charge is 0.326 e. The van der Waals surface area contributed by atoms with Gasteiger partial charge in [0.25, 0.3) is 0 Å². The average molecular weight is 299 g/mol. The van der Waals surface area contributed by atoms with Gasteiger partial charge in [0, 0.05) is 17.9 Å². The molecule has 2 rings (SSSR count). The fourth-order valence-corrected chi connectivity index (χ4v) is 2.19. The van der Waals surface area contributed by atoms with Gasteiger partial charge in [-0.15, -0.1) is 0 Å². The first-order valence-corrected chi connectivity index (χ1v) is 7.87. The van der Waals surface area contributed by atoms with E-state index in [0.717, 1.165) is 37.2 Å². The molecule has 1 aromatic heterocycles. The molecule has 118 valence electrons. The molecule has 5 heteroatoms. The minimum atomic E-state index is -0.361. The summed E-state index contributed by atoms with van der Waals surface area (Å²) in [6.45, 7) is 4.97. The van der Waals surface area contributed by atoms with Crippen molar-refractivity contribution in [2.75, 3.05) is 11.9 Å². The summed E-state index contributed by atoms with van der Waals surface area (Å²) < 4.78 is 0. The minimum Gasteiger partial charge on any atom is -0.326 e. The van der Waals surface area contributed by atoms with Crippen molar-refractivity contribution in [2.24, 2.45) is 5.73 Å². The average Bonchev–Trinajstić information content (AvgIpc) is 2.55. The highest BCUT2D eigenvalue weighted by Crippen LogP contribution is 2.07. The molecule has 0 spiro atoms. The zero-order chi connectivity index (χ0) is 15.8. The maximum absolute atomic E-state index is 6.05. The predicted octanol–water partition coefficient (Wildman–Crippen LogP) is 2.09. The van der Waals surface area contributed by atoms with Gasteiger partial charge in [0.15, 0.2) is 0 Å². The molecule has 0 saturated heterocycles. The molecule has 0 fully saturated rings. The number of nitrogens with one attached hydrogen (secondary N) is 2. The Morgan fingerprint density at radius 3 is 2.27 bits per heavy atom. The maximum Gasteiger partial charge on any atom is 0.225 e. The van der Waals surface area contributed by atoms with Crippen LogP contribution in [0.15, 0.2) is 36.4 Å². The van der Waals surface area contributed by atoms with Crippen molar-refractivity contribution in [2.45, 2.75) is 39.4 Å². The smallest absolute Gasteiger partial charge is 0.225 e. The Balaban J connectivity index is 1.85. The minimum absolute atomic E-state index is 0.361. The first-order valence-electron chi connectivity index (χ1n) is 7.87. The molecule has 1 heterocycles. The van der Waals surface area contributed by atoms with Crippen LogP contribution in [0.3, 0.4) is 0 Å². The van der Waals surface area contributed by atoms with E-state index in [-0.39, 0.29) is 6.29 Å². The Morgan fingerprint density at radius 2 is 1.68 bits per heavy atom. The van der Waals surface area contributed by atoms with E-state index in [1.807, 2.05) is 24.3 Å². The topological polar surface area (TPSA) is 75.9 Å². The first-order chi connectivity index (χ1) is 10.7. The van der Waals surface area contributed by atoms with Crippen LogP contribution < -0.4 is 16.4 Å². The number of hydrogen-bond donors (Lipinski definition) is 3. The summed E-state index contributed by atoms with van der Waals surface area (Å²) in [7, 11) is 0. The van der Waals surface area contributed by atoms with Gasteiger partial charge in [-0.1, -0.05) is 44.2 Å². The third-order valence-corrected chi connectivity index (χ3v) is 3.46. The molecule has 0 bridgehead atoms. The van der Waals surface area contributed by atoms with Gasteiger partial charge in [-0.2, -0.15) is 0 Å². The van der Waals surface area contributed by atoms with Crippen LogP contribution in [0.1, 0.15) is 30.8 Å². The van der Waals surface area contributed by atoms with Gasteiger partial charge < -0.3 is 5.32 Å².